The minimum Gasteiger partial charge on any atom is -0.271 e. The molecule has 9 heteroatoms. The number of amidine groups is 2. The first-order valence-corrected chi connectivity index (χ1v) is 12.1. The number of carbonyl (C=O) groups excluding carboxylic acids is 1. The minimum absolute atomic E-state index is 0.0501. The summed E-state index contributed by atoms with van der Waals surface area (Å²) in [5, 5.41) is 0.566. The van der Waals surface area contributed by atoms with Crippen molar-refractivity contribution >= 4 is 55.9 Å². The lowest BCUT2D eigenvalue weighted by Gasteiger charge is -2.25. The summed E-state index contributed by atoms with van der Waals surface area (Å²) in [6.45, 7) is 4.18. The van der Waals surface area contributed by atoms with Gasteiger partial charge < -0.3 is 0 Å². The molecule has 1 aromatic carbocycles. The zero-order valence-electron chi connectivity index (χ0n) is 17.5. The number of fused-ring (bicyclic) bond motifs is 4. The van der Waals surface area contributed by atoms with Crippen LogP contribution in [0.4, 0.5) is 5.69 Å². The summed E-state index contributed by atoms with van der Waals surface area (Å²) in [6.07, 6.45) is 2.39. The molecule has 0 spiro atoms. The first-order valence-electron chi connectivity index (χ1n) is 10.3. The van der Waals surface area contributed by atoms with Crippen molar-refractivity contribution in [1.29, 1.82) is 0 Å². The smallest absolute Gasteiger partial charge is 0.259 e. The summed E-state index contributed by atoms with van der Waals surface area (Å²) in [4.78, 5) is 41.5. The zero-order chi connectivity index (χ0) is 22.4. The predicted molar refractivity (Wildman–Crippen MR) is 131 cm³/mol. The van der Waals surface area contributed by atoms with Gasteiger partial charge in [0.2, 0.25) is 0 Å². The van der Waals surface area contributed by atoms with Gasteiger partial charge in [-0.15, -0.1) is 0 Å². The maximum atomic E-state index is 13.2. The van der Waals surface area contributed by atoms with Gasteiger partial charge in [-0.3, -0.25) is 19.0 Å². The molecule has 0 N–H and O–H groups in total. The van der Waals surface area contributed by atoms with Gasteiger partial charge in [0.1, 0.15) is 17.5 Å². The maximum absolute atomic E-state index is 13.2. The number of aromatic nitrogens is 2. The molecule has 0 radical (unpaired) electrons. The number of halogens is 1. The molecule has 5 rings (SSSR count). The Morgan fingerprint density at radius 3 is 2.78 bits per heavy atom. The van der Waals surface area contributed by atoms with Crippen molar-refractivity contribution in [3.8, 4) is 0 Å². The molecule has 4 heterocycles. The second-order valence-corrected chi connectivity index (χ2v) is 9.99. The third kappa shape index (κ3) is 3.80. The summed E-state index contributed by atoms with van der Waals surface area (Å²) in [5.41, 5.74) is 2.71. The van der Waals surface area contributed by atoms with E-state index in [1.165, 1.54) is 22.2 Å². The van der Waals surface area contributed by atoms with E-state index in [1.54, 1.807) is 17.2 Å². The molecule has 2 aromatic heterocycles. The number of benzene rings is 1. The zero-order valence-corrected chi connectivity index (χ0v) is 19.9. The van der Waals surface area contributed by atoms with E-state index in [0.29, 0.717) is 40.4 Å². The van der Waals surface area contributed by atoms with Crippen LogP contribution in [0.3, 0.4) is 0 Å². The molecule has 0 saturated heterocycles. The summed E-state index contributed by atoms with van der Waals surface area (Å²) in [6, 6.07) is 12.5. The molecule has 0 fully saturated rings. The molecular weight excluding hydrogens is 490 g/mol. The van der Waals surface area contributed by atoms with Gasteiger partial charge >= 0.3 is 0 Å². The van der Waals surface area contributed by atoms with Crippen LogP contribution in [0, 0.1) is 5.92 Å². The van der Waals surface area contributed by atoms with E-state index in [1.807, 2.05) is 30.3 Å². The van der Waals surface area contributed by atoms with Crippen LogP contribution in [0.25, 0.3) is 5.65 Å². The van der Waals surface area contributed by atoms with Gasteiger partial charge in [0, 0.05) is 28.1 Å². The molecule has 32 heavy (non-hydrogen) atoms. The SMILES string of the molecule is CC(C)C[C@H]1N=C2c3ccccc3N=C(SCc3cc(=O)n4cc(Br)ccc4n3)N2C1=O. The summed E-state index contributed by atoms with van der Waals surface area (Å²) in [5.74, 6) is 1.37. The quantitative estimate of drug-likeness (QED) is 0.522. The summed E-state index contributed by atoms with van der Waals surface area (Å²) in [7, 11) is 0. The van der Waals surface area contributed by atoms with Gasteiger partial charge in [0.25, 0.3) is 11.5 Å². The van der Waals surface area contributed by atoms with Gasteiger partial charge in [0.15, 0.2) is 5.17 Å². The van der Waals surface area contributed by atoms with Crippen LogP contribution in [0.15, 0.2) is 67.9 Å². The first kappa shape index (κ1) is 21.1. The Labute approximate surface area is 197 Å². The molecule has 2 aliphatic rings. The molecule has 0 saturated carbocycles. The molecule has 1 atom stereocenters. The Kier molecular flexibility index (Phi) is 5.46. The van der Waals surface area contributed by atoms with Crippen molar-refractivity contribution in [1.82, 2.24) is 14.3 Å². The average Bonchev–Trinajstić information content (AvgIpc) is 3.08. The first-order chi connectivity index (χ1) is 15.4. The van der Waals surface area contributed by atoms with Gasteiger partial charge in [-0.2, -0.15) is 0 Å². The minimum atomic E-state index is -0.399. The van der Waals surface area contributed by atoms with E-state index in [9.17, 15) is 9.59 Å². The van der Waals surface area contributed by atoms with Crippen LogP contribution < -0.4 is 5.56 Å². The highest BCUT2D eigenvalue weighted by Gasteiger charge is 2.41. The van der Waals surface area contributed by atoms with Crippen LogP contribution in [-0.2, 0) is 10.5 Å². The van der Waals surface area contributed by atoms with Gasteiger partial charge in [0.05, 0.1) is 11.4 Å². The standard InChI is InChI=1S/C23H20BrN5O2S/c1-13(2)9-18-22(31)29-21(26-18)16-5-3-4-6-17(16)27-23(29)32-12-15-10-20(30)28-11-14(24)7-8-19(28)25-15/h3-8,10-11,13,18H,9,12H2,1-2H3/t18-/m1/s1. The van der Waals surface area contributed by atoms with Crippen molar-refractivity contribution in [2.24, 2.45) is 15.9 Å². The van der Waals surface area contributed by atoms with Crippen LogP contribution in [-0.4, -0.2) is 37.2 Å². The van der Waals surface area contributed by atoms with Gasteiger partial charge in [-0.1, -0.05) is 37.7 Å². The average molecular weight is 510 g/mol. The number of rotatable bonds is 4. The largest absolute Gasteiger partial charge is 0.271 e. The Balaban J connectivity index is 1.47. The number of amides is 1. The normalized spacial score (nSPS) is 17.4. The Morgan fingerprint density at radius 1 is 1.16 bits per heavy atom. The molecule has 0 unspecified atom stereocenters. The number of hydrogen-bond donors (Lipinski definition) is 0. The molecule has 1 amide bonds. The van der Waals surface area contributed by atoms with Crippen molar-refractivity contribution in [3.63, 3.8) is 0 Å². The fraction of sp³-hybridized carbons (Fsp3) is 0.261. The van der Waals surface area contributed by atoms with E-state index in [0.717, 1.165) is 15.7 Å². The topological polar surface area (TPSA) is 79.4 Å². The van der Waals surface area contributed by atoms with E-state index < -0.39 is 6.04 Å². The predicted octanol–water partition coefficient (Wildman–Crippen LogP) is 4.40. The second-order valence-electron chi connectivity index (χ2n) is 8.13. The van der Waals surface area contributed by atoms with Crippen molar-refractivity contribution in [2.75, 3.05) is 0 Å². The maximum Gasteiger partial charge on any atom is 0.259 e. The lowest BCUT2D eigenvalue weighted by molar-refractivity contribution is -0.124. The Morgan fingerprint density at radius 2 is 1.97 bits per heavy atom. The van der Waals surface area contributed by atoms with Crippen LogP contribution in [0.2, 0.25) is 0 Å². The second kappa shape index (κ2) is 8.29. The highest BCUT2D eigenvalue weighted by Crippen LogP contribution is 2.35. The number of pyridine rings is 1. The van der Waals surface area contributed by atoms with Gasteiger partial charge in [-0.05, 0) is 52.5 Å². The van der Waals surface area contributed by atoms with E-state index in [4.69, 9.17) is 9.98 Å². The fourth-order valence-corrected chi connectivity index (χ4v) is 5.07. The number of para-hydroxylation sites is 1. The van der Waals surface area contributed by atoms with Gasteiger partial charge in [-0.25, -0.2) is 14.9 Å². The highest BCUT2D eigenvalue weighted by molar-refractivity contribution is 9.10. The number of nitrogens with zero attached hydrogens (tertiary/aromatic N) is 5. The molecule has 3 aromatic rings. The molecule has 2 aliphatic heterocycles. The van der Waals surface area contributed by atoms with Crippen LogP contribution in [0.1, 0.15) is 31.5 Å². The Hall–Kier alpha value is -2.78. The molecule has 0 bridgehead atoms. The van der Waals surface area contributed by atoms with Crippen LogP contribution in [0.5, 0.6) is 0 Å². The number of carbonyl (C=O) groups is 1. The van der Waals surface area contributed by atoms with E-state index >= 15 is 0 Å². The van der Waals surface area contributed by atoms with Crippen molar-refractivity contribution in [2.45, 2.75) is 32.1 Å². The summed E-state index contributed by atoms with van der Waals surface area (Å²) >= 11 is 4.77. The number of aliphatic imine (C=N–C) groups is 2. The monoisotopic (exact) mass is 509 g/mol. The van der Waals surface area contributed by atoms with Crippen LogP contribution >= 0.6 is 27.7 Å². The molecular formula is C23H20BrN5O2S. The third-order valence-electron chi connectivity index (χ3n) is 5.27. The molecule has 162 valence electrons. The number of hydrogen-bond acceptors (Lipinski definition) is 6. The number of thioether (sulfide) groups is 1. The Bertz CT molecular complexity index is 1360. The van der Waals surface area contributed by atoms with Crippen molar-refractivity contribution < 1.29 is 4.79 Å². The lowest BCUT2D eigenvalue weighted by Crippen LogP contribution is -2.41. The van der Waals surface area contributed by atoms with E-state index in [-0.39, 0.29) is 11.5 Å². The van der Waals surface area contributed by atoms with Crippen molar-refractivity contribution in [3.05, 3.63) is 74.7 Å². The summed E-state index contributed by atoms with van der Waals surface area (Å²) < 4.78 is 2.30. The molecule has 0 aliphatic carbocycles. The van der Waals surface area contributed by atoms with E-state index in [2.05, 4.69) is 34.8 Å². The highest BCUT2D eigenvalue weighted by atomic mass is 79.9. The lowest BCUT2D eigenvalue weighted by atomic mass is 10.0. The molecule has 7 nitrogen and oxygen atoms in total. The fourth-order valence-electron chi connectivity index (χ4n) is 3.84. The third-order valence-corrected chi connectivity index (χ3v) is 6.71.